The molecule has 0 atom stereocenters. The third-order valence-corrected chi connectivity index (χ3v) is 3.74. The SMILES string of the molecule is CCCc1nn(C)c(NCCC(=O)N2CCCC2)c1N. The number of aryl methyl sites for hydroxylation is 2. The number of rotatable bonds is 6. The predicted molar refractivity (Wildman–Crippen MR) is 80.5 cm³/mol. The summed E-state index contributed by atoms with van der Waals surface area (Å²) in [6.45, 7) is 4.53. The number of nitrogens with one attached hydrogen (secondary N) is 1. The minimum atomic E-state index is 0.226. The second-order valence-corrected chi connectivity index (χ2v) is 5.35. The van der Waals surface area contributed by atoms with Gasteiger partial charge in [0.25, 0.3) is 0 Å². The molecule has 1 aromatic rings. The summed E-state index contributed by atoms with van der Waals surface area (Å²) in [6.07, 6.45) is 4.68. The molecule has 0 aliphatic carbocycles. The molecule has 6 heteroatoms. The number of carbonyl (C=O) groups excluding carboxylic acids is 1. The van der Waals surface area contributed by atoms with Crippen LogP contribution in [0.3, 0.4) is 0 Å². The Morgan fingerprint density at radius 2 is 2.10 bits per heavy atom. The predicted octanol–water partition coefficient (Wildman–Crippen LogP) is 1.38. The molecule has 1 aliphatic heterocycles. The van der Waals surface area contributed by atoms with Crippen LogP contribution in [-0.2, 0) is 18.3 Å². The Labute approximate surface area is 120 Å². The van der Waals surface area contributed by atoms with Crippen molar-refractivity contribution in [3.8, 4) is 0 Å². The molecular formula is C14H25N5O. The number of nitrogen functional groups attached to an aromatic ring is 1. The number of aromatic nitrogens is 2. The topological polar surface area (TPSA) is 76.2 Å². The van der Waals surface area contributed by atoms with E-state index in [1.54, 1.807) is 4.68 Å². The summed E-state index contributed by atoms with van der Waals surface area (Å²) in [5.74, 6) is 1.05. The smallest absolute Gasteiger partial charge is 0.224 e. The molecule has 0 radical (unpaired) electrons. The molecule has 3 N–H and O–H groups in total. The first-order chi connectivity index (χ1) is 9.63. The van der Waals surface area contributed by atoms with E-state index in [0.29, 0.717) is 18.7 Å². The largest absolute Gasteiger partial charge is 0.394 e. The number of amides is 1. The Bertz CT molecular complexity index is 462. The highest BCUT2D eigenvalue weighted by molar-refractivity contribution is 5.77. The molecule has 1 saturated heterocycles. The van der Waals surface area contributed by atoms with Crippen molar-refractivity contribution in [1.82, 2.24) is 14.7 Å². The molecule has 0 bridgehead atoms. The lowest BCUT2D eigenvalue weighted by atomic mass is 10.2. The maximum absolute atomic E-state index is 11.9. The monoisotopic (exact) mass is 279 g/mol. The first-order valence-electron chi connectivity index (χ1n) is 7.46. The van der Waals surface area contributed by atoms with Gasteiger partial charge in [0, 0.05) is 33.1 Å². The zero-order chi connectivity index (χ0) is 14.5. The Morgan fingerprint density at radius 1 is 1.40 bits per heavy atom. The van der Waals surface area contributed by atoms with Crippen LogP contribution in [0, 0.1) is 0 Å². The van der Waals surface area contributed by atoms with Crippen molar-refractivity contribution in [1.29, 1.82) is 0 Å². The van der Waals surface area contributed by atoms with Crippen LogP contribution < -0.4 is 11.1 Å². The summed E-state index contributed by atoms with van der Waals surface area (Å²) in [7, 11) is 1.88. The fraction of sp³-hybridized carbons (Fsp3) is 0.714. The lowest BCUT2D eigenvalue weighted by Gasteiger charge is -2.15. The van der Waals surface area contributed by atoms with E-state index < -0.39 is 0 Å². The summed E-state index contributed by atoms with van der Waals surface area (Å²) < 4.78 is 1.76. The molecular weight excluding hydrogens is 254 g/mol. The minimum absolute atomic E-state index is 0.226. The fourth-order valence-corrected chi connectivity index (χ4v) is 2.64. The molecule has 0 unspecified atom stereocenters. The Hall–Kier alpha value is -1.72. The van der Waals surface area contributed by atoms with Gasteiger partial charge in [0.05, 0.1) is 11.4 Å². The molecule has 1 amide bonds. The van der Waals surface area contributed by atoms with Gasteiger partial charge in [0.15, 0.2) is 0 Å². The van der Waals surface area contributed by atoms with Gasteiger partial charge in [0.1, 0.15) is 5.82 Å². The number of likely N-dealkylation sites (tertiary alicyclic amines) is 1. The van der Waals surface area contributed by atoms with E-state index in [1.807, 2.05) is 11.9 Å². The van der Waals surface area contributed by atoms with Crippen LogP contribution in [0.5, 0.6) is 0 Å². The van der Waals surface area contributed by atoms with Crippen LogP contribution in [0.15, 0.2) is 0 Å². The zero-order valence-electron chi connectivity index (χ0n) is 12.5. The number of hydrogen-bond donors (Lipinski definition) is 2. The van der Waals surface area contributed by atoms with Crippen LogP contribution in [0.2, 0.25) is 0 Å². The van der Waals surface area contributed by atoms with Gasteiger partial charge in [-0.2, -0.15) is 5.10 Å². The molecule has 2 rings (SSSR count). The minimum Gasteiger partial charge on any atom is -0.394 e. The third kappa shape index (κ3) is 3.23. The van der Waals surface area contributed by atoms with Gasteiger partial charge in [0.2, 0.25) is 5.91 Å². The van der Waals surface area contributed by atoms with E-state index in [0.717, 1.165) is 50.3 Å². The summed E-state index contributed by atoms with van der Waals surface area (Å²) >= 11 is 0. The lowest BCUT2D eigenvalue weighted by Crippen LogP contribution is -2.29. The van der Waals surface area contributed by atoms with Crippen molar-refractivity contribution in [2.45, 2.75) is 39.0 Å². The highest BCUT2D eigenvalue weighted by Gasteiger charge is 2.18. The van der Waals surface area contributed by atoms with Crippen molar-refractivity contribution in [2.24, 2.45) is 7.05 Å². The van der Waals surface area contributed by atoms with Gasteiger partial charge in [-0.05, 0) is 19.3 Å². The maximum Gasteiger partial charge on any atom is 0.224 e. The standard InChI is InChI=1S/C14H25N5O/c1-3-6-11-13(15)14(18(2)17-11)16-8-7-12(20)19-9-4-5-10-19/h16H,3-10,15H2,1-2H3. The normalized spacial score (nSPS) is 14.8. The first-order valence-corrected chi connectivity index (χ1v) is 7.46. The van der Waals surface area contributed by atoms with E-state index in [1.165, 1.54) is 0 Å². The number of hydrogen-bond acceptors (Lipinski definition) is 4. The van der Waals surface area contributed by atoms with Gasteiger partial charge in [-0.3, -0.25) is 9.48 Å². The van der Waals surface area contributed by atoms with Gasteiger partial charge in [-0.1, -0.05) is 13.3 Å². The van der Waals surface area contributed by atoms with Crippen LogP contribution in [0.25, 0.3) is 0 Å². The van der Waals surface area contributed by atoms with Crippen molar-refractivity contribution in [3.63, 3.8) is 0 Å². The molecule has 1 fully saturated rings. The second-order valence-electron chi connectivity index (χ2n) is 5.35. The summed E-state index contributed by atoms with van der Waals surface area (Å²) in [4.78, 5) is 13.9. The van der Waals surface area contributed by atoms with E-state index in [9.17, 15) is 4.79 Å². The number of carbonyl (C=O) groups is 1. The number of nitrogens with two attached hydrogens (primary N) is 1. The molecule has 20 heavy (non-hydrogen) atoms. The van der Waals surface area contributed by atoms with Crippen LogP contribution in [-0.4, -0.2) is 40.2 Å². The summed E-state index contributed by atoms with van der Waals surface area (Å²) in [6, 6.07) is 0. The van der Waals surface area contributed by atoms with Crippen molar-refractivity contribution >= 4 is 17.4 Å². The van der Waals surface area contributed by atoms with Gasteiger partial charge >= 0.3 is 0 Å². The van der Waals surface area contributed by atoms with Crippen molar-refractivity contribution < 1.29 is 4.79 Å². The number of nitrogens with zero attached hydrogens (tertiary/aromatic N) is 3. The van der Waals surface area contributed by atoms with Crippen LogP contribution >= 0.6 is 0 Å². The van der Waals surface area contributed by atoms with E-state index in [4.69, 9.17) is 5.73 Å². The average molecular weight is 279 g/mol. The fourth-order valence-electron chi connectivity index (χ4n) is 2.64. The number of anilines is 2. The second kappa shape index (κ2) is 6.63. The maximum atomic E-state index is 11.9. The van der Waals surface area contributed by atoms with Crippen LogP contribution in [0.1, 0.15) is 38.3 Å². The van der Waals surface area contributed by atoms with Crippen molar-refractivity contribution in [3.05, 3.63) is 5.69 Å². The van der Waals surface area contributed by atoms with Crippen molar-refractivity contribution in [2.75, 3.05) is 30.7 Å². The molecule has 2 heterocycles. The first kappa shape index (κ1) is 14.7. The molecule has 0 saturated carbocycles. The molecule has 0 spiro atoms. The molecule has 112 valence electrons. The molecule has 1 aromatic heterocycles. The van der Waals surface area contributed by atoms with Gasteiger partial charge in [-0.25, -0.2) is 0 Å². The third-order valence-electron chi connectivity index (χ3n) is 3.74. The van der Waals surface area contributed by atoms with Gasteiger partial charge < -0.3 is 16.0 Å². The van der Waals surface area contributed by atoms with E-state index >= 15 is 0 Å². The summed E-state index contributed by atoms with van der Waals surface area (Å²) in [5, 5.41) is 7.65. The zero-order valence-corrected chi connectivity index (χ0v) is 12.5. The lowest BCUT2D eigenvalue weighted by molar-refractivity contribution is -0.129. The van der Waals surface area contributed by atoms with Crippen LogP contribution in [0.4, 0.5) is 11.5 Å². The molecule has 0 aromatic carbocycles. The Morgan fingerprint density at radius 3 is 2.75 bits per heavy atom. The molecule has 6 nitrogen and oxygen atoms in total. The Kier molecular flexibility index (Phi) is 4.87. The van der Waals surface area contributed by atoms with E-state index in [-0.39, 0.29) is 5.91 Å². The quantitative estimate of drug-likeness (QED) is 0.825. The average Bonchev–Trinajstić information content (AvgIpc) is 3.03. The highest BCUT2D eigenvalue weighted by atomic mass is 16.2. The Balaban J connectivity index is 1.86. The molecule has 1 aliphatic rings. The van der Waals surface area contributed by atoms with E-state index in [2.05, 4.69) is 17.3 Å². The summed E-state index contributed by atoms with van der Waals surface area (Å²) in [5.41, 5.74) is 7.73. The highest BCUT2D eigenvalue weighted by Crippen LogP contribution is 2.23. The van der Waals surface area contributed by atoms with Gasteiger partial charge in [-0.15, -0.1) is 0 Å².